The van der Waals surface area contributed by atoms with Gasteiger partial charge in [-0.25, -0.2) is 0 Å². The van der Waals surface area contributed by atoms with E-state index in [9.17, 15) is 0 Å². The van der Waals surface area contributed by atoms with Crippen molar-refractivity contribution in [3.63, 3.8) is 0 Å². The standard InChI is InChI=1S/C19H37N/c1-4-7-8-9-10-11-12-13-14-15-18-19(20,16-5-2)17-6-3/h5-6H,2-4,7-18,20H2,1H3. The smallest absolute Gasteiger partial charge is 0.0223 e. The first-order chi connectivity index (χ1) is 9.68. The molecule has 1 nitrogen and oxygen atoms in total. The Kier molecular flexibility index (Phi) is 13.0. The lowest BCUT2D eigenvalue weighted by atomic mass is 9.86. The summed E-state index contributed by atoms with van der Waals surface area (Å²) in [6.45, 7) is 9.90. The highest BCUT2D eigenvalue weighted by atomic mass is 14.7. The van der Waals surface area contributed by atoms with E-state index in [1.54, 1.807) is 0 Å². The first-order valence-electron chi connectivity index (χ1n) is 8.69. The first kappa shape index (κ1) is 19.4. The van der Waals surface area contributed by atoms with Crippen molar-refractivity contribution in [1.29, 1.82) is 0 Å². The predicted molar refractivity (Wildman–Crippen MR) is 93.0 cm³/mol. The van der Waals surface area contributed by atoms with Crippen LogP contribution in [-0.4, -0.2) is 5.54 Å². The van der Waals surface area contributed by atoms with Gasteiger partial charge in [0.1, 0.15) is 0 Å². The van der Waals surface area contributed by atoms with Crippen molar-refractivity contribution in [3.8, 4) is 0 Å². The van der Waals surface area contributed by atoms with Crippen molar-refractivity contribution in [2.24, 2.45) is 5.73 Å². The minimum absolute atomic E-state index is 0.0936. The van der Waals surface area contributed by atoms with Crippen LogP contribution in [0.15, 0.2) is 25.3 Å². The predicted octanol–water partition coefficient (Wildman–Crippen LogP) is 6.15. The molecular weight excluding hydrogens is 242 g/mol. The molecule has 0 aromatic rings. The zero-order valence-electron chi connectivity index (χ0n) is 13.8. The lowest BCUT2D eigenvalue weighted by Crippen LogP contribution is -2.38. The van der Waals surface area contributed by atoms with E-state index in [-0.39, 0.29) is 5.54 Å². The zero-order valence-corrected chi connectivity index (χ0v) is 13.8. The Hall–Kier alpha value is -0.560. The Balaban J connectivity index is 3.45. The van der Waals surface area contributed by atoms with Gasteiger partial charge < -0.3 is 5.73 Å². The third kappa shape index (κ3) is 11.3. The fourth-order valence-electron chi connectivity index (χ4n) is 2.83. The van der Waals surface area contributed by atoms with Crippen LogP contribution in [0.4, 0.5) is 0 Å². The summed E-state index contributed by atoms with van der Waals surface area (Å²) < 4.78 is 0. The van der Waals surface area contributed by atoms with Crippen LogP contribution in [0.2, 0.25) is 0 Å². The lowest BCUT2D eigenvalue weighted by molar-refractivity contribution is 0.380. The Morgan fingerprint density at radius 2 is 1.15 bits per heavy atom. The number of rotatable bonds is 15. The summed E-state index contributed by atoms with van der Waals surface area (Å²) >= 11 is 0. The van der Waals surface area contributed by atoms with Crippen LogP contribution in [-0.2, 0) is 0 Å². The molecule has 0 heterocycles. The van der Waals surface area contributed by atoms with E-state index in [0.29, 0.717) is 0 Å². The van der Waals surface area contributed by atoms with Gasteiger partial charge in [0, 0.05) is 5.54 Å². The van der Waals surface area contributed by atoms with Gasteiger partial charge in [0.15, 0.2) is 0 Å². The second-order valence-electron chi connectivity index (χ2n) is 6.28. The summed E-state index contributed by atoms with van der Waals surface area (Å²) in [6.07, 6.45) is 20.6. The van der Waals surface area contributed by atoms with Gasteiger partial charge in [-0.2, -0.15) is 0 Å². The summed E-state index contributed by atoms with van der Waals surface area (Å²) in [4.78, 5) is 0. The third-order valence-corrected chi connectivity index (χ3v) is 4.13. The van der Waals surface area contributed by atoms with E-state index in [2.05, 4.69) is 20.1 Å². The van der Waals surface area contributed by atoms with Crippen molar-refractivity contribution in [2.75, 3.05) is 0 Å². The average Bonchev–Trinajstić information content (AvgIpc) is 2.41. The van der Waals surface area contributed by atoms with Crippen molar-refractivity contribution in [1.82, 2.24) is 0 Å². The molecule has 0 amide bonds. The SMILES string of the molecule is C=CCC(N)(CC=C)CCCCCCCCCCCC. The molecule has 0 rings (SSSR count). The van der Waals surface area contributed by atoms with E-state index in [1.807, 2.05) is 12.2 Å². The van der Waals surface area contributed by atoms with Crippen molar-refractivity contribution in [3.05, 3.63) is 25.3 Å². The minimum Gasteiger partial charge on any atom is -0.325 e. The minimum atomic E-state index is -0.0936. The van der Waals surface area contributed by atoms with Gasteiger partial charge in [0.25, 0.3) is 0 Å². The van der Waals surface area contributed by atoms with Crippen LogP contribution in [0.25, 0.3) is 0 Å². The van der Waals surface area contributed by atoms with Crippen molar-refractivity contribution >= 4 is 0 Å². The van der Waals surface area contributed by atoms with Gasteiger partial charge in [-0.1, -0.05) is 83.3 Å². The summed E-state index contributed by atoms with van der Waals surface area (Å²) in [6, 6.07) is 0. The Bertz CT molecular complexity index is 222. The highest BCUT2D eigenvalue weighted by Gasteiger charge is 2.20. The van der Waals surface area contributed by atoms with Crippen molar-refractivity contribution in [2.45, 2.75) is 95.9 Å². The number of nitrogens with two attached hydrogens (primary N) is 1. The largest absolute Gasteiger partial charge is 0.325 e. The highest BCUT2D eigenvalue weighted by Crippen LogP contribution is 2.22. The van der Waals surface area contributed by atoms with Gasteiger partial charge in [-0.05, 0) is 19.3 Å². The van der Waals surface area contributed by atoms with Gasteiger partial charge >= 0.3 is 0 Å². The molecule has 0 bridgehead atoms. The molecule has 0 atom stereocenters. The van der Waals surface area contributed by atoms with Crippen LogP contribution in [0.3, 0.4) is 0 Å². The monoisotopic (exact) mass is 279 g/mol. The number of unbranched alkanes of at least 4 members (excludes halogenated alkanes) is 9. The molecule has 0 aliphatic rings. The second kappa shape index (κ2) is 13.4. The third-order valence-electron chi connectivity index (χ3n) is 4.13. The molecule has 0 saturated heterocycles. The molecule has 0 aliphatic heterocycles. The van der Waals surface area contributed by atoms with E-state index >= 15 is 0 Å². The maximum absolute atomic E-state index is 6.39. The van der Waals surface area contributed by atoms with Gasteiger partial charge in [0.05, 0.1) is 0 Å². The molecule has 118 valence electrons. The molecule has 2 N–H and O–H groups in total. The maximum Gasteiger partial charge on any atom is 0.0223 e. The molecule has 1 heteroatoms. The second-order valence-corrected chi connectivity index (χ2v) is 6.28. The van der Waals surface area contributed by atoms with Crippen molar-refractivity contribution < 1.29 is 0 Å². The molecule has 0 saturated carbocycles. The summed E-state index contributed by atoms with van der Waals surface area (Å²) in [5.41, 5.74) is 6.29. The van der Waals surface area contributed by atoms with Crippen LogP contribution < -0.4 is 5.73 Å². The number of hydrogen-bond donors (Lipinski definition) is 1. The molecule has 0 aromatic heterocycles. The van der Waals surface area contributed by atoms with E-state index in [1.165, 1.54) is 64.2 Å². The molecule has 0 aromatic carbocycles. The van der Waals surface area contributed by atoms with Crippen LogP contribution in [0, 0.1) is 0 Å². The van der Waals surface area contributed by atoms with Gasteiger partial charge in [0.2, 0.25) is 0 Å². The van der Waals surface area contributed by atoms with Crippen LogP contribution in [0.1, 0.15) is 90.4 Å². The Morgan fingerprint density at radius 3 is 1.55 bits per heavy atom. The normalized spacial score (nSPS) is 11.5. The highest BCUT2D eigenvalue weighted by molar-refractivity contribution is 4.95. The Morgan fingerprint density at radius 1 is 0.750 bits per heavy atom. The summed E-state index contributed by atoms with van der Waals surface area (Å²) in [7, 11) is 0. The van der Waals surface area contributed by atoms with Gasteiger partial charge in [-0.15, -0.1) is 13.2 Å². The lowest BCUT2D eigenvalue weighted by Gasteiger charge is -2.27. The van der Waals surface area contributed by atoms with Crippen LogP contribution >= 0.6 is 0 Å². The summed E-state index contributed by atoms with van der Waals surface area (Å²) in [5.74, 6) is 0. The number of hydrogen-bond acceptors (Lipinski definition) is 1. The van der Waals surface area contributed by atoms with E-state index < -0.39 is 0 Å². The average molecular weight is 280 g/mol. The maximum atomic E-state index is 6.39. The fourth-order valence-corrected chi connectivity index (χ4v) is 2.83. The van der Waals surface area contributed by atoms with Crippen LogP contribution in [0.5, 0.6) is 0 Å². The molecular formula is C19H37N. The first-order valence-corrected chi connectivity index (χ1v) is 8.69. The molecule has 0 unspecified atom stereocenters. The molecule has 0 spiro atoms. The summed E-state index contributed by atoms with van der Waals surface area (Å²) in [5, 5.41) is 0. The molecule has 20 heavy (non-hydrogen) atoms. The molecule has 0 radical (unpaired) electrons. The zero-order chi connectivity index (χ0) is 15.1. The Labute approximate surface area is 127 Å². The fraction of sp³-hybridized carbons (Fsp3) is 0.789. The quantitative estimate of drug-likeness (QED) is 0.282. The topological polar surface area (TPSA) is 26.0 Å². The molecule has 0 fully saturated rings. The molecule has 0 aliphatic carbocycles. The van der Waals surface area contributed by atoms with Gasteiger partial charge in [-0.3, -0.25) is 0 Å². The van der Waals surface area contributed by atoms with E-state index in [0.717, 1.165) is 19.3 Å². The van der Waals surface area contributed by atoms with E-state index in [4.69, 9.17) is 5.73 Å².